The van der Waals surface area contributed by atoms with Crippen molar-refractivity contribution >= 4 is 44.8 Å². The Morgan fingerprint density at radius 2 is 1.81 bits per heavy atom. The number of halogens is 2. The van der Waals surface area contributed by atoms with E-state index >= 15 is 0 Å². The molecule has 27 heavy (non-hydrogen) atoms. The molecule has 0 unspecified atom stereocenters. The van der Waals surface area contributed by atoms with Gasteiger partial charge in [0.25, 0.3) is 0 Å². The van der Waals surface area contributed by atoms with Gasteiger partial charge in [0.1, 0.15) is 11.6 Å². The van der Waals surface area contributed by atoms with Crippen molar-refractivity contribution in [1.29, 1.82) is 0 Å². The maximum Gasteiger partial charge on any atom is 0.161 e. The molecule has 0 atom stereocenters. The van der Waals surface area contributed by atoms with Gasteiger partial charge in [-0.15, -0.1) is 11.3 Å². The van der Waals surface area contributed by atoms with Crippen molar-refractivity contribution < 1.29 is 9.47 Å². The van der Waals surface area contributed by atoms with Gasteiger partial charge in [-0.1, -0.05) is 41.4 Å². The van der Waals surface area contributed by atoms with Gasteiger partial charge in [-0.3, -0.25) is 0 Å². The van der Waals surface area contributed by atoms with Crippen LogP contribution in [0.5, 0.6) is 11.5 Å². The molecule has 4 aromatic rings. The number of nitrogens with zero attached hydrogens (tertiary/aromatic N) is 1. The van der Waals surface area contributed by atoms with E-state index in [9.17, 15) is 0 Å². The molecule has 4 rings (SSSR count). The van der Waals surface area contributed by atoms with E-state index in [1.165, 1.54) is 0 Å². The van der Waals surface area contributed by atoms with Crippen molar-refractivity contribution in [2.45, 2.75) is 6.61 Å². The molecule has 136 valence electrons. The summed E-state index contributed by atoms with van der Waals surface area (Å²) in [5.74, 6) is 1.30. The van der Waals surface area contributed by atoms with Gasteiger partial charge in [-0.2, -0.15) is 0 Å². The van der Waals surface area contributed by atoms with Crippen molar-refractivity contribution in [3.63, 3.8) is 0 Å². The van der Waals surface area contributed by atoms with Gasteiger partial charge in [0.2, 0.25) is 0 Å². The van der Waals surface area contributed by atoms with E-state index in [0.29, 0.717) is 28.2 Å². The Kier molecular flexibility index (Phi) is 5.21. The highest BCUT2D eigenvalue weighted by Gasteiger charge is 2.12. The van der Waals surface area contributed by atoms with Crippen LogP contribution in [0.4, 0.5) is 0 Å². The van der Waals surface area contributed by atoms with E-state index in [1.807, 2.05) is 42.5 Å². The molecule has 0 aliphatic heterocycles. The molecule has 1 heterocycles. The largest absolute Gasteiger partial charge is 0.493 e. The van der Waals surface area contributed by atoms with Crippen LogP contribution in [-0.2, 0) is 6.61 Å². The van der Waals surface area contributed by atoms with Gasteiger partial charge in [0, 0.05) is 21.2 Å². The second-order valence-electron chi connectivity index (χ2n) is 5.88. The summed E-state index contributed by atoms with van der Waals surface area (Å²) in [4.78, 5) is 4.69. The smallest absolute Gasteiger partial charge is 0.161 e. The predicted octanol–water partition coefficient (Wildman–Crippen LogP) is 6.86. The van der Waals surface area contributed by atoms with Gasteiger partial charge in [0.15, 0.2) is 11.5 Å². The summed E-state index contributed by atoms with van der Waals surface area (Å²) in [6, 6.07) is 19.3. The lowest BCUT2D eigenvalue weighted by molar-refractivity contribution is 0.284. The van der Waals surface area contributed by atoms with E-state index in [2.05, 4.69) is 6.07 Å². The lowest BCUT2D eigenvalue weighted by Crippen LogP contribution is -1.98. The molecule has 0 amide bonds. The summed E-state index contributed by atoms with van der Waals surface area (Å²) in [6.07, 6.45) is 0. The molecule has 0 N–H and O–H groups in total. The molecule has 0 bridgehead atoms. The number of ether oxygens (including phenoxy) is 2. The summed E-state index contributed by atoms with van der Waals surface area (Å²) >= 11 is 13.8. The van der Waals surface area contributed by atoms with Crippen LogP contribution in [0.15, 0.2) is 60.7 Å². The summed E-state index contributed by atoms with van der Waals surface area (Å²) in [5, 5.41) is 2.12. The first-order valence-electron chi connectivity index (χ1n) is 8.25. The molecule has 6 heteroatoms. The SMILES string of the molecule is COc1cc(-c2nc3ccccc3s2)ccc1OCc1ccc(Cl)cc1Cl. The quantitative estimate of drug-likeness (QED) is 0.356. The van der Waals surface area contributed by atoms with E-state index in [1.54, 1.807) is 30.6 Å². The first-order chi connectivity index (χ1) is 13.1. The highest BCUT2D eigenvalue weighted by molar-refractivity contribution is 7.21. The molecule has 0 saturated carbocycles. The summed E-state index contributed by atoms with van der Waals surface area (Å²) in [6.45, 7) is 0.326. The molecule has 0 spiro atoms. The number of para-hydroxylation sites is 1. The average molecular weight is 416 g/mol. The summed E-state index contributed by atoms with van der Waals surface area (Å²) in [7, 11) is 1.62. The molecule has 3 nitrogen and oxygen atoms in total. The maximum atomic E-state index is 6.21. The highest BCUT2D eigenvalue weighted by atomic mass is 35.5. The lowest BCUT2D eigenvalue weighted by Gasteiger charge is -2.12. The number of hydrogen-bond donors (Lipinski definition) is 0. The zero-order valence-corrected chi connectivity index (χ0v) is 16.7. The van der Waals surface area contributed by atoms with E-state index < -0.39 is 0 Å². The topological polar surface area (TPSA) is 31.4 Å². The van der Waals surface area contributed by atoms with Crippen LogP contribution in [0.2, 0.25) is 10.0 Å². The van der Waals surface area contributed by atoms with Gasteiger partial charge in [-0.05, 0) is 42.5 Å². The van der Waals surface area contributed by atoms with Crippen LogP contribution in [0, 0.1) is 0 Å². The fourth-order valence-electron chi connectivity index (χ4n) is 2.71. The first-order valence-corrected chi connectivity index (χ1v) is 9.82. The average Bonchev–Trinajstić information content (AvgIpc) is 3.11. The van der Waals surface area contributed by atoms with E-state index in [4.69, 9.17) is 37.7 Å². The number of benzene rings is 3. The van der Waals surface area contributed by atoms with Crippen LogP contribution in [0.25, 0.3) is 20.8 Å². The Balaban J connectivity index is 1.59. The Hall–Kier alpha value is -2.27. The second kappa shape index (κ2) is 7.77. The third-order valence-electron chi connectivity index (χ3n) is 4.10. The maximum absolute atomic E-state index is 6.21. The molecular weight excluding hydrogens is 401 g/mol. The van der Waals surface area contributed by atoms with Crippen LogP contribution >= 0.6 is 34.5 Å². The van der Waals surface area contributed by atoms with Crippen LogP contribution in [-0.4, -0.2) is 12.1 Å². The minimum Gasteiger partial charge on any atom is -0.493 e. The molecular formula is C21H15Cl2NO2S. The lowest BCUT2D eigenvalue weighted by atomic mass is 10.2. The number of thiazole rings is 1. The molecule has 0 aliphatic rings. The zero-order chi connectivity index (χ0) is 18.8. The first kappa shape index (κ1) is 18.1. The molecule has 0 fully saturated rings. The Morgan fingerprint density at radius 3 is 2.59 bits per heavy atom. The Bertz CT molecular complexity index is 1080. The fourth-order valence-corrected chi connectivity index (χ4v) is 4.13. The second-order valence-corrected chi connectivity index (χ2v) is 7.75. The number of rotatable bonds is 5. The van der Waals surface area contributed by atoms with Gasteiger partial charge < -0.3 is 9.47 Å². The normalized spacial score (nSPS) is 10.9. The van der Waals surface area contributed by atoms with Crippen molar-refractivity contribution in [2.24, 2.45) is 0 Å². The number of aromatic nitrogens is 1. The Morgan fingerprint density at radius 1 is 0.963 bits per heavy atom. The summed E-state index contributed by atoms with van der Waals surface area (Å²) in [5.41, 5.74) is 2.84. The van der Waals surface area contributed by atoms with Gasteiger partial charge >= 0.3 is 0 Å². The minimum absolute atomic E-state index is 0.326. The third-order valence-corrected chi connectivity index (χ3v) is 5.78. The fraction of sp³-hybridized carbons (Fsp3) is 0.0952. The van der Waals surface area contributed by atoms with Gasteiger partial charge in [0.05, 0.1) is 17.3 Å². The van der Waals surface area contributed by atoms with E-state index in [0.717, 1.165) is 26.4 Å². The summed E-state index contributed by atoms with van der Waals surface area (Å²) < 4.78 is 12.6. The molecule has 3 aromatic carbocycles. The van der Waals surface area contributed by atoms with Crippen molar-refractivity contribution in [1.82, 2.24) is 4.98 Å². The third kappa shape index (κ3) is 3.88. The molecule has 0 radical (unpaired) electrons. The Labute approximate surface area is 171 Å². The molecule has 1 aromatic heterocycles. The number of fused-ring (bicyclic) bond motifs is 1. The van der Waals surface area contributed by atoms with Gasteiger partial charge in [-0.25, -0.2) is 4.98 Å². The van der Waals surface area contributed by atoms with Crippen LogP contribution in [0.3, 0.4) is 0 Å². The molecule has 0 aliphatic carbocycles. The van der Waals surface area contributed by atoms with Crippen LogP contribution in [0.1, 0.15) is 5.56 Å². The van der Waals surface area contributed by atoms with Crippen molar-refractivity contribution in [3.05, 3.63) is 76.3 Å². The predicted molar refractivity (Wildman–Crippen MR) is 112 cm³/mol. The highest BCUT2D eigenvalue weighted by Crippen LogP contribution is 2.36. The van der Waals surface area contributed by atoms with Crippen molar-refractivity contribution in [2.75, 3.05) is 7.11 Å². The van der Waals surface area contributed by atoms with E-state index in [-0.39, 0.29) is 0 Å². The van der Waals surface area contributed by atoms with Crippen LogP contribution < -0.4 is 9.47 Å². The zero-order valence-electron chi connectivity index (χ0n) is 14.4. The van der Waals surface area contributed by atoms with Crippen molar-refractivity contribution in [3.8, 4) is 22.1 Å². The number of hydrogen-bond acceptors (Lipinski definition) is 4. The standard InChI is InChI=1S/C21H15Cl2NO2S/c1-25-19-10-13(21-24-17-4-2-3-5-20(17)27-21)7-9-18(19)26-12-14-6-8-15(22)11-16(14)23/h2-11H,12H2,1H3. The minimum atomic E-state index is 0.326. The molecule has 0 saturated heterocycles. The number of methoxy groups -OCH3 is 1. The monoisotopic (exact) mass is 415 g/mol.